The molecule has 134 valence electrons. The Balaban J connectivity index is 1.40. The highest BCUT2D eigenvalue weighted by atomic mass is 32.1. The number of nitrogens with one attached hydrogen (secondary N) is 1. The Bertz CT molecular complexity index is 1020. The zero-order chi connectivity index (χ0) is 17.7. The Kier molecular flexibility index (Phi) is 3.70. The number of carbonyl (C=O) groups is 1. The van der Waals surface area contributed by atoms with Crippen molar-refractivity contribution in [2.75, 3.05) is 5.43 Å². The van der Waals surface area contributed by atoms with E-state index in [1.54, 1.807) is 12.3 Å². The van der Waals surface area contributed by atoms with Gasteiger partial charge in [0.1, 0.15) is 16.9 Å². The maximum absolute atomic E-state index is 12.9. The lowest BCUT2D eigenvalue weighted by molar-refractivity contribution is -0.118. The molecule has 3 unspecified atom stereocenters. The second-order valence-corrected chi connectivity index (χ2v) is 8.26. The lowest BCUT2D eigenvalue weighted by Gasteiger charge is -2.21. The minimum atomic E-state index is -0.274. The van der Waals surface area contributed by atoms with Gasteiger partial charge in [0.2, 0.25) is 5.91 Å². The van der Waals surface area contributed by atoms with Gasteiger partial charge in [0, 0.05) is 17.4 Å². The number of aromatic nitrogens is 2. The lowest BCUT2D eigenvalue weighted by Crippen LogP contribution is -2.34. The highest BCUT2D eigenvalue weighted by Gasteiger charge is 2.40. The molecule has 0 spiro atoms. The minimum Gasteiger partial charge on any atom is -0.464 e. The molecule has 5 rings (SSSR count). The molecule has 3 aromatic rings. The van der Waals surface area contributed by atoms with Crippen molar-refractivity contribution in [2.45, 2.75) is 32.1 Å². The molecule has 3 atom stereocenters. The predicted octanol–water partition coefficient (Wildman–Crippen LogP) is 3.61. The van der Waals surface area contributed by atoms with E-state index in [0.717, 1.165) is 12.3 Å². The Labute approximate surface area is 153 Å². The van der Waals surface area contributed by atoms with E-state index in [2.05, 4.69) is 10.4 Å². The topological polar surface area (TPSA) is 77.1 Å². The summed E-state index contributed by atoms with van der Waals surface area (Å²) in [5, 5.41) is 2.34. The standard InChI is InChI=1S/C19H19N3O3S/c23-16(8-13-7-11-3-4-12(13)6-11)21-22-10-20-18-17(19(22)24)14(9-26-18)15-2-1-5-25-15/h1-2,5,9-13H,3-4,6-8H2,(H,21,23). The molecular weight excluding hydrogens is 350 g/mol. The summed E-state index contributed by atoms with van der Waals surface area (Å²) in [6.07, 6.45) is 8.44. The summed E-state index contributed by atoms with van der Waals surface area (Å²) < 4.78 is 6.63. The molecule has 3 heterocycles. The van der Waals surface area contributed by atoms with Crippen LogP contribution in [0.3, 0.4) is 0 Å². The molecular formula is C19H19N3O3S. The Hall–Kier alpha value is -2.41. The third kappa shape index (κ3) is 2.58. The fraction of sp³-hybridized carbons (Fsp3) is 0.421. The Morgan fingerprint density at radius 3 is 3.04 bits per heavy atom. The van der Waals surface area contributed by atoms with E-state index < -0.39 is 0 Å². The van der Waals surface area contributed by atoms with Crippen LogP contribution in [0.2, 0.25) is 0 Å². The first kappa shape index (κ1) is 15.8. The molecule has 3 aromatic heterocycles. The molecule has 2 fully saturated rings. The quantitative estimate of drug-likeness (QED) is 0.762. The first-order valence-electron chi connectivity index (χ1n) is 9.01. The van der Waals surface area contributed by atoms with Crippen LogP contribution in [-0.4, -0.2) is 15.6 Å². The van der Waals surface area contributed by atoms with Crippen LogP contribution in [0.1, 0.15) is 32.1 Å². The fourth-order valence-corrected chi connectivity index (χ4v) is 5.56. The summed E-state index contributed by atoms with van der Waals surface area (Å²) in [6, 6.07) is 3.59. The van der Waals surface area contributed by atoms with Crippen molar-refractivity contribution in [3.63, 3.8) is 0 Å². The number of hydrogen-bond donors (Lipinski definition) is 1. The van der Waals surface area contributed by atoms with Crippen LogP contribution in [-0.2, 0) is 4.79 Å². The molecule has 0 aliphatic heterocycles. The van der Waals surface area contributed by atoms with Crippen molar-refractivity contribution in [1.29, 1.82) is 0 Å². The van der Waals surface area contributed by atoms with Gasteiger partial charge in [-0.15, -0.1) is 11.3 Å². The molecule has 1 N–H and O–H groups in total. The molecule has 0 aromatic carbocycles. The summed E-state index contributed by atoms with van der Waals surface area (Å²) in [6.45, 7) is 0. The van der Waals surface area contributed by atoms with Crippen molar-refractivity contribution in [3.8, 4) is 11.3 Å². The van der Waals surface area contributed by atoms with Gasteiger partial charge in [-0.2, -0.15) is 0 Å². The molecule has 6 nitrogen and oxygen atoms in total. The lowest BCUT2D eigenvalue weighted by atomic mass is 9.86. The van der Waals surface area contributed by atoms with E-state index in [1.807, 2.05) is 11.4 Å². The van der Waals surface area contributed by atoms with Crippen LogP contribution in [0.5, 0.6) is 0 Å². The van der Waals surface area contributed by atoms with Crippen molar-refractivity contribution < 1.29 is 9.21 Å². The van der Waals surface area contributed by atoms with Crippen LogP contribution in [0.15, 0.2) is 39.3 Å². The number of nitrogens with zero attached hydrogens (tertiary/aromatic N) is 2. The maximum atomic E-state index is 12.9. The average Bonchev–Trinajstić information content (AvgIpc) is 3.41. The van der Waals surface area contributed by atoms with Gasteiger partial charge in [0.15, 0.2) is 0 Å². The normalized spacial score (nSPS) is 24.4. The summed E-state index contributed by atoms with van der Waals surface area (Å²) >= 11 is 1.39. The van der Waals surface area contributed by atoms with Crippen molar-refractivity contribution in [2.24, 2.45) is 17.8 Å². The van der Waals surface area contributed by atoms with Gasteiger partial charge in [-0.1, -0.05) is 6.42 Å². The maximum Gasteiger partial charge on any atom is 0.281 e. The van der Waals surface area contributed by atoms with E-state index in [0.29, 0.717) is 39.8 Å². The predicted molar refractivity (Wildman–Crippen MR) is 99.5 cm³/mol. The van der Waals surface area contributed by atoms with Crippen LogP contribution < -0.4 is 11.0 Å². The number of fused-ring (bicyclic) bond motifs is 3. The SMILES string of the molecule is O=C(CC1CC2CCC1C2)Nn1cnc2scc(-c3ccco3)c2c1=O. The molecule has 2 aliphatic rings. The zero-order valence-corrected chi connectivity index (χ0v) is 15.0. The monoisotopic (exact) mass is 369 g/mol. The van der Waals surface area contributed by atoms with E-state index >= 15 is 0 Å². The molecule has 0 radical (unpaired) electrons. The highest BCUT2D eigenvalue weighted by molar-refractivity contribution is 7.17. The Morgan fingerprint density at radius 2 is 2.31 bits per heavy atom. The third-order valence-electron chi connectivity index (χ3n) is 5.86. The average molecular weight is 369 g/mol. The highest BCUT2D eigenvalue weighted by Crippen LogP contribution is 2.49. The van der Waals surface area contributed by atoms with Gasteiger partial charge in [0.05, 0.1) is 11.6 Å². The molecule has 2 aliphatic carbocycles. The number of rotatable bonds is 4. The Morgan fingerprint density at radius 1 is 1.38 bits per heavy atom. The number of carbonyl (C=O) groups excluding carboxylic acids is 1. The molecule has 1 amide bonds. The summed E-state index contributed by atoms with van der Waals surface area (Å²) in [7, 11) is 0. The molecule has 0 saturated heterocycles. The fourth-order valence-electron chi connectivity index (χ4n) is 4.67. The van der Waals surface area contributed by atoms with Gasteiger partial charge >= 0.3 is 0 Å². The molecule has 26 heavy (non-hydrogen) atoms. The molecule has 2 saturated carbocycles. The largest absolute Gasteiger partial charge is 0.464 e. The van der Waals surface area contributed by atoms with Gasteiger partial charge in [-0.05, 0) is 49.1 Å². The number of amides is 1. The summed E-state index contributed by atoms with van der Waals surface area (Å²) in [5.74, 6) is 2.47. The second kappa shape index (κ2) is 6.09. The minimum absolute atomic E-state index is 0.111. The third-order valence-corrected chi connectivity index (χ3v) is 6.74. The molecule has 2 bridgehead atoms. The van der Waals surface area contributed by atoms with E-state index in [-0.39, 0.29) is 11.5 Å². The van der Waals surface area contributed by atoms with Gasteiger partial charge in [-0.3, -0.25) is 15.0 Å². The number of furan rings is 1. The number of hydrogen-bond acceptors (Lipinski definition) is 5. The van der Waals surface area contributed by atoms with Crippen LogP contribution in [0.4, 0.5) is 0 Å². The smallest absolute Gasteiger partial charge is 0.281 e. The van der Waals surface area contributed by atoms with E-state index in [4.69, 9.17) is 4.42 Å². The van der Waals surface area contributed by atoms with E-state index in [9.17, 15) is 9.59 Å². The molecule has 7 heteroatoms. The van der Waals surface area contributed by atoms with Crippen molar-refractivity contribution >= 4 is 27.5 Å². The summed E-state index contributed by atoms with van der Waals surface area (Å²) in [4.78, 5) is 30.3. The summed E-state index contributed by atoms with van der Waals surface area (Å²) in [5.41, 5.74) is 3.17. The van der Waals surface area contributed by atoms with E-state index in [1.165, 1.54) is 41.6 Å². The number of thiophene rings is 1. The van der Waals surface area contributed by atoms with Crippen LogP contribution >= 0.6 is 11.3 Å². The van der Waals surface area contributed by atoms with Crippen molar-refractivity contribution in [3.05, 3.63) is 40.5 Å². The van der Waals surface area contributed by atoms with Crippen LogP contribution in [0.25, 0.3) is 21.5 Å². The van der Waals surface area contributed by atoms with Crippen LogP contribution in [0, 0.1) is 17.8 Å². The van der Waals surface area contributed by atoms with Gasteiger partial charge in [-0.25, -0.2) is 9.66 Å². The van der Waals surface area contributed by atoms with Gasteiger partial charge in [0.25, 0.3) is 5.56 Å². The van der Waals surface area contributed by atoms with Gasteiger partial charge < -0.3 is 4.42 Å². The first-order chi connectivity index (χ1) is 12.7. The second-order valence-electron chi connectivity index (χ2n) is 7.40. The van der Waals surface area contributed by atoms with Crippen molar-refractivity contribution in [1.82, 2.24) is 9.66 Å². The first-order valence-corrected chi connectivity index (χ1v) is 9.89. The zero-order valence-electron chi connectivity index (χ0n) is 14.2.